The van der Waals surface area contributed by atoms with Crippen LogP contribution in [0.2, 0.25) is 0 Å². The zero-order chi connectivity index (χ0) is 17.8. The molecule has 0 aliphatic rings. The van der Waals surface area contributed by atoms with E-state index in [1.807, 2.05) is 0 Å². The lowest BCUT2D eigenvalue weighted by Gasteiger charge is -2.11. The average molecular weight is 337 g/mol. The van der Waals surface area contributed by atoms with E-state index >= 15 is 0 Å². The molecule has 1 aromatic heterocycles. The zero-order valence-corrected chi connectivity index (χ0v) is 13.5. The molecular weight excluding hydrogens is 321 g/mol. The van der Waals surface area contributed by atoms with Crippen LogP contribution in [0, 0.1) is 12.7 Å². The number of hydrogen-bond donors (Lipinski definition) is 2. The van der Waals surface area contributed by atoms with Crippen molar-refractivity contribution < 1.29 is 13.9 Å². The molecule has 3 N–H and O–H groups in total. The summed E-state index contributed by atoms with van der Waals surface area (Å²) in [6, 6.07) is 14.3. The smallest absolute Gasteiger partial charge is 0.259 e. The first-order chi connectivity index (χ1) is 12.0. The number of carbonyl (C=O) groups is 1. The summed E-state index contributed by atoms with van der Waals surface area (Å²) in [6.45, 7) is 1.79. The molecule has 0 spiro atoms. The highest BCUT2D eigenvalue weighted by atomic mass is 19.1. The van der Waals surface area contributed by atoms with Crippen molar-refractivity contribution in [3.05, 3.63) is 77.7 Å². The first kappa shape index (κ1) is 16.4. The zero-order valence-electron chi connectivity index (χ0n) is 13.5. The van der Waals surface area contributed by atoms with Crippen LogP contribution < -0.4 is 15.8 Å². The third kappa shape index (κ3) is 3.92. The van der Waals surface area contributed by atoms with Gasteiger partial charge in [0.2, 0.25) is 0 Å². The molecule has 3 aromatic rings. The number of aromatic nitrogens is 1. The fourth-order valence-electron chi connectivity index (χ4n) is 2.34. The Kier molecular flexibility index (Phi) is 4.61. The molecule has 25 heavy (non-hydrogen) atoms. The Hall–Kier alpha value is -3.41. The lowest BCUT2D eigenvalue weighted by atomic mass is 10.1. The molecule has 0 aliphatic carbocycles. The molecule has 0 atom stereocenters. The van der Waals surface area contributed by atoms with Crippen LogP contribution in [0.1, 0.15) is 15.9 Å². The van der Waals surface area contributed by atoms with Crippen molar-refractivity contribution >= 4 is 17.4 Å². The van der Waals surface area contributed by atoms with Crippen LogP contribution in [-0.2, 0) is 0 Å². The molecule has 0 unspecified atom stereocenters. The Morgan fingerprint density at radius 2 is 1.88 bits per heavy atom. The molecule has 5 nitrogen and oxygen atoms in total. The summed E-state index contributed by atoms with van der Waals surface area (Å²) in [5, 5.41) is 2.78. The number of nitrogens with two attached hydrogens (primary N) is 1. The van der Waals surface area contributed by atoms with E-state index < -0.39 is 0 Å². The summed E-state index contributed by atoms with van der Waals surface area (Å²) in [6.07, 6.45) is 1.55. The van der Waals surface area contributed by atoms with Gasteiger partial charge in [0.05, 0.1) is 5.56 Å². The van der Waals surface area contributed by atoms with Gasteiger partial charge in [-0.2, -0.15) is 0 Å². The maximum absolute atomic E-state index is 12.9. The molecule has 0 saturated heterocycles. The van der Waals surface area contributed by atoms with Gasteiger partial charge in [-0.1, -0.05) is 6.07 Å². The van der Waals surface area contributed by atoms with Crippen LogP contribution >= 0.6 is 0 Å². The summed E-state index contributed by atoms with van der Waals surface area (Å²) < 4.78 is 18.6. The van der Waals surface area contributed by atoms with E-state index in [0.29, 0.717) is 22.7 Å². The average Bonchev–Trinajstić information content (AvgIpc) is 2.57. The van der Waals surface area contributed by atoms with Crippen molar-refractivity contribution in [3.8, 4) is 11.5 Å². The van der Waals surface area contributed by atoms with Crippen molar-refractivity contribution in [2.45, 2.75) is 6.92 Å². The number of carbonyl (C=O) groups excluding carboxylic acids is 1. The lowest BCUT2D eigenvalue weighted by molar-refractivity contribution is 0.102. The van der Waals surface area contributed by atoms with Gasteiger partial charge in [0.25, 0.3) is 5.91 Å². The Morgan fingerprint density at radius 3 is 2.60 bits per heavy atom. The second-order valence-corrected chi connectivity index (χ2v) is 5.43. The van der Waals surface area contributed by atoms with E-state index in [2.05, 4.69) is 10.3 Å². The minimum atomic E-state index is -0.345. The van der Waals surface area contributed by atoms with Crippen molar-refractivity contribution in [2.24, 2.45) is 0 Å². The largest absolute Gasteiger partial charge is 0.457 e. The first-order valence-electron chi connectivity index (χ1n) is 7.59. The fourth-order valence-corrected chi connectivity index (χ4v) is 2.34. The van der Waals surface area contributed by atoms with Gasteiger partial charge in [-0.05, 0) is 55.0 Å². The highest BCUT2D eigenvalue weighted by Gasteiger charge is 2.14. The number of ether oxygens (including phenoxy) is 1. The Morgan fingerprint density at radius 1 is 1.12 bits per heavy atom. The summed E-state index contributed by atoms with van der Waals surface area (Å²) in [7, 11) is 0. The van der Waals surface area contributed by atoms with Crippen molar-refractivity contribution in [3.63, 3.8) is 0 Å². The number of halogens is 1. The minimum Gasteiger partial charge on any atom is -0.457 e. The number of aryl methyl sites for hydroxylation is 1. The van der Waals surface area contributed by atoms with E-state index in [-0.39, 0.29) is 17.5 Å². The summed E-state index contributed by atoms with van der Waals surface area (Å²) in [5.74, 6) is 0.508. The first-order valence-corrected chi connectivity index (χ1v) is 7.59. The van der Waals surface area contributed by atoms with Crippen molar-refractivity contribution in [1.82, 2.24) is 4.98 Å². The van der Waals surface area contributed by atoms with E-state index in [9.17, 15) is 9.18 Å². The van der Waals surface area contributed by atoms with Crippen molar-refractivity contribution in [2.75, 3.05) is 11.1 Å². The van der Waals surface area contributed by atoms with Gasteiger partial charge in [0, 0.05) is 18.0 Å². The second-order valence-electron chi connectivity index (χ2n) is 5.43. The molecule has 1 heterocycles. The fraction of sp³-hybridized carbons (Fsp3) is 0.0526. The number of pyridine rings is 1. The summed E-state index contributed by atoms with van der Waals surface area (Å²) in [5.41, 5.74) is 7.42. The number of amides is 1. The molecule has 126 valence electrons. The minimum absolute atomic E-state index is 0.177. The van der Waals surface area contributed by atoms with Gasteiger partial charge in [0.15, 0.2) is 0 Å². The number of nitrogen functional groups attached to an aromatic ring is 1. The third-order valence-corrected chi connectivity index (χ3v) is 3.56. The number of rotatable bonds is 4. The number of benzene rings is 2. The maximum Gasteiger partial charge on any atom is 0.259 e. The maximum atomic E-state index is 12.9. The summed E-state index contributed by atoms with van der Waals surface area (Å²) in [4.78, 5) is 16.4. The third-order valence-electron chi connectivity index (χ3n) is 3.56. The van der Waals surface area contributed by atoms with Gasteiger partial charge in [0.1, 0.15) is 23.1 Å². The van der Waals surface area contributed by atoms with Crippen LogP contribution in [0.4, 0.5) is 15.9 Å². The molecule has 0 saturated carbocycles. The van der Waals surface area contributed by atoms with Crippen LogP contribution in [0.5, 0.6) is 11.5 Å². The van der Waals surface area contributed by atoms with E-state index in [1.54, 1.807) is 43.5 Å². The van der Waals surface area contributed by atoms with Crippen LogP contribution in [0.15, 0.2) is 60.8 Å². The predicted molar refractivity (Wildman–Crippen MR) is 94.3 cm³/mol. The molecule has 2 aromatic carbocycles. The molecule has 0 aliphatic heterocycles. The van der Waals surface area contributed by atoms with Gasteiger partial charge in [-0.3, -0.25) is 4.79 Å². The Bertz CT molecular complexity index is 891. The van der Waals surface area contributed by atoms with E-state index in [0.717, 1.165) is 5.56 Å². The van der Waals surface area contributed by atoms with Gasteiger partial charge in [-0.25, -0.2) is 9.37 Å². The normalized spacial score (nSPS) is 10.3. The van der Waals surface area contributed by atoms with Crippen molar-refractivity contribution in [1.29, 1.82) is 0 Å². The van der Waals surface area contributed by atoms with E-state index in [4.69, 9.17) is 10.5 Å². The highest BCUT2D eigenvalue weighted by Crippen LogP contribution is 2.25. The number of hydrogen-bond acceptors (Lipinski definition) is 4. The van der Waals surface area contributed by atoms with Gasteiger partial charge >= 0.3 is 0 Å². The number of anilines is 2. The Balaban J connectivity index is 1.77. The molecule has 1 amide bonds. The Labute approximate surface area is 144 Å². The summed E-state index contributed by atoms with van der Waals surface area (Å²) >= 11 is 0. The van der Waals surface area contributed by atoms with Crippen LogP contribution in [-0.4, -0.2) is 10.9 Å². The SMILES string of the molecule is Cc1ccnc(N)c1C(=O)Nc1cccc(Oc2ccc(F)cc2)c1. The molecule has 6 heteroatoms. The lowest BCUT2D eigenvalue weighted by Crippen LogP contribution is -2.16. The molecule has 0 bridgehead atoms. The topological polar surface area (TPSA) is 77.2 Å². The molecule has 0 radical (unpaired) electrons. The van der Waals surface area contributed by atoms with Crippen LogP contribution in [0.3, 0.4) is 0 Å². The van der Waals surface area contributed by atoms with Gasteiger partial charge in [-0.15, -0.1) is 0 Å². The predicted octanol–water partition coefficient (Wildman–Crippen LogP) is 4.16. The van der Waals surface area contributed by atoms with E-state index in [1.165, 1.54) is 24.3 Å². The number of nitrogens with zero attached hydrogens (tertiary/aromatic N) is 1. The molecule has 3 rings (SSSR count). The van der Waals surface area contributed by atoms with Crippen LogP contribution in [0.25, 0.3) is 0 Å². The molecule has 0 fully saturated rings. The monoisotopic (exact) mass is 337 g/mol. The van der Waals surface area contributed by atoms with Gasteiger partial charge < -0.3 is 15.8 Å². The highest BCUT2D eigenvalue weighted by molar-refractivity contribution is 6.08. The quantitative estimate of drug-likeness (QED) is 0.749. The second kappa shape index (κ2) is 7.00. The standard InChI is InChI=1S/C19H16FN3O2/c1-12-9-10-22-18(21)17(12)19(24)23-14-3-2-4-16(11-14)25-15-7-5-13(20)6-8-15/h2-11H,1H3,(H2,21,22)(H,23,24). The number of nitrogens with one attached hydrogen (secondary N) is 1. The molecular formula is C19H16FN3O2.